The first kappa shape index (κ1) is 15.4. The van der Waals surface area contributed by atoms with Gasteiger partial charge in [-0.3, -0.25) is 4.79 Å². The molecule has 0 aromatic heterocycles. The number of nitrogens with one attached hydrogen (secondary N) is 1. The number of carbonyl (C=O) groups excluding carboxylic acids is 1. The van der Waals surface area contributed by atoms with Crippen molar-refractivity contribution in [3.63, 3.8) is 0 Å². The Morgan fingerprint density at radius 1 is 1.47 bits per heavy atom. The molecule has 1 rings (SSSR count). The van der Waals surface area contributed by atoms with E-state index < -0.39 is 5.82 Å². The van der Waals surface area contributed by atoms with Gasteiger partial charge in [0.05, 0.1) is 6.61 Å². The summed E-state index contributed by atoms with van der Waals surface area (Å²) in [5.41, 5.74) is 5.97. The summed E-state index contributed by atoms with van der Waals surface area (Å²) in [6, 6.07) is 4.39. The van der Waals surface area contributed by atoms with E-state index in [-0.39, 0.29) is 17.6 Å². The molecule has 106 valence electrons. The summed E-state index contributed by atoms with van der Waals surface area (Å²) < 4.78 is 18.7. The molecule has 0 heterocycles. The Kier molecular flexibility index (Phi) is 6.29. The molecular weight excluding hydrogens is 247 g/mol. The molecule has 1 aromatic carbocycles. The highest BCUT2D eigenvalue weighted by atomic mass is 19.1. The molecule has 1 atom stereocenters. The molecule has 0 fully saturated rings. The number of carbonyl (C=O) groups is 1. The number of benzene rings is 1. The predicted octanol–water partition coefficient (Wildman–Crippen LogP) is 2.54. The summed E-state index contributed by atoms with van der Waals surface area (Å²) in [7, 11) is 0. The van der Waals surface area contributed by atoms with Gasteiger partial charge in [0.2, 0.25) is 5.91 Å². The van der Waals surface area contributed by atoms with Gasteiger partial charge < -0.3 is 15.8 Å². The number of amides is 1. The van der Waals surface area contributed by atoms with Crippen LogP contribution < -0.4 is 15.8 Å². The van der Waals surface area contributed by atoms with Crippen LogP contribution in [0.4, 0.5) is 10.1 Å². The van der Waals surface area contributed by atoms with Crippen LogP contribution in [0, 0.1) is 11.7 Å². The molecular formula is C14H21FN2O2. The molecule has 0 aliphatic heterocycles. The minimum Gasteiger partial charge on any atom is -0.491 e. The van der Waals surface area contributed by atoms with Crippen molar-refractivity contribution in [3.05, 3.63) is 24.0 Å². The second kappa shape index (κ2) is 7.74. The molecule has 1 unspecified atom stereocenters. The number of hydrogen-bond acceptors (Lipinski definition) is 3. The summed E-state index contributed by atoms with van der Waals surface area (Å²) >= 11 is 0. The van der Waals surface area contributed by atoms with E-state index in [1.807, 2.05) is 6.92 Å². The van der Waals surface area contributed by atoms with E-state index in [1.54, 1.807) is 13.0 Å². The lowest BCUT2D eigenvalue weighted by Crippen LogP contribution is -2.21. The maximum Gasteiger partial charge on any atom is 0.224 e. The Bertz CT molecular complexity index is 420. The van der Waals surface area contributed by atoms with Gasteiger partial charge in [0.25, 0.3) is 0 Å². The summed E-state index contributed by atoms with van der Waals surface area (Å²) in [4.78, 5) is 11.7. The van der Waals surface area contributed by atoms with Gasteiger partial charge in [0.15, 0.2) is 11.6 Å². The fourth-order valence-electron chi connectivity index (χ4n) is 1.72. The van der Waals surface area contributed by atoms with Gasteiger partial charge in [-0.25, -0.2) is 4.39 Å². The average Bonchev–Trinajstić information content (AvgIpc) is 2.39. The Balaban J connectivity index is 2.62. The van der Waals surface area contributed by atoms with Crippen LogP contribution in [-0.2, 0) is 4.79 Å². The Hall–Kier alpha value is -1.62. The van der Waals surface area contributed by atoms with Crippen molar-refractivity contribution in [3.8, 4) is 5.75 Å². The van der Waals surface area contributed by atoms with Gasteiger partial charge in [0.1, 0.15) is 0 Å². The molecule has 0 aliphatic carbocycles. The Morgan fingerprint density at radius 2 is 2.21 bits per heavy atom. The second-order valence-electron chi connectivity index (χ2n) is 4.34. The Morgan fingerprint density at radius 3 is 2.74 bits per heavy atom. The first-order valence-corrected chi connectivity index (χ1v) is 6.52. The number of anilines is 1. The van der Waals surface area contributed by atoms with E-state index in [9.17, 15) is 9.18 Å². The highest BCUT2D eigenvalue weighted by molar-refractivity contribution is 5.90. The number of halogens is 1. The maximum absolute atomic E-state index is 13.6. The van der Waals surface area contributed by atoms with Gasteiger partial charge >= 0.3 is 0 Å². The van der Waals surface area contributed by atoms with Gasteiger partial charge in [-0.05, 0) is 31.5 Å². The van der Waals surface area contributed by atoms with Gasteiger partial charge in [0, 0.05) is 18.2 Å². The molecule has 3 N–H and O–H groups in total. The lowest BCUT2D eigenvalue weighted by Gasteiger charge is -2.12. The van der Waals surface area contributed by atoms with Crippen LogP contribution in [0.1, 0.15) is 26.7 Å². The van der Waals surface area contributed by atoms with E-state index in [2.05, 4.69) is 5.32 Å². The van der Waals surface area contributed by atoms with E-state index in [1.165, 1.54) is 12.1 Å². The molecule has 0 spiro atoms. The summed E-state index contributed by atoms with van der Waals surface area (Å²) in [6.45, 7) is 4.65. The quantitative estimate of drug-likeness (QED) is 0.798. The fourth-order valence-corrected chi connectivity index (χ4v) is 1.72. The van der Waals surface area contributed by atoms with Crippen molar-refractivity contribution in [1.29, 1.82) is 0 Å². The summed E-state index contributed by atoms with van der Waals surface area (Å²) in [6.07, 6.45) is 1.20. The second-order valence-corrected chi connectivity index (χ2v) is 4.34. The molecule has 5 heteroatoms. The van der Waals surface area contributed by atoms with E-state index in [0.29, 0.717) is 25.3 Å². The minimum atomic E-state index is -0.481. The van der Waals surface area contributed by atoms with E-state index in [0.717, 1.165) is 6.42 Å². The first-order chi connectivity index (χ1) is 9.10. The van der Waals surface area contributed by atoms with Crippen LogP contribution in [0.5, 0.6) is 5.75 Å². The minimum absolute atomic E-state index is 0.152. The van der Waals surface area contributed by atoms with Crippen molar-refractivity contribution in [1.82, 2.24) is 0 Å². The highest BCUT2D eigenvalue weighted by Crippen LogP contribution is 2.21. The molecule has 0 radical (unpaired) electrons. The maximum atomic E-state index is 13.6. The number of ether oxygens (including phenoxy) is 1. The molecule has 1 amide bonds. The van der Waals surface area contributed by atoms with Crippen molar-refractivity contribution in [2.45, 2.75) is 26.7 Å². The monoisotopic (exact) mass is 268 g/mol. The average molecular weight is 268 g/mol. The molecule has 0 saturated heterocycles. The third-order valence-electron chi connectivity index (χ3n) is 2.90. The predicted molar refractivity (Wildman–Crippen MR) is 73.7 cm³/mol. The largest absolute Gasteiger partial charge is 0.491 e. The van der Waals surface area contributed by atoms with Crippen LogP contribution in [0.15, 0.2) is 18.2 Å². The van der Waals surface area contributed by atoms with Crippen molar-refractivity contribution in [2.75, 3.05) is 18.5 Å². The number of nitrogens with two attached hydrogens (primary N) is 1. The van der Waals surface area contributed by atoms with Crippen molar-refractivity contribution in [2.24, 2.45) is 11.7 Å². The molecule has 4 nitrogen and oxygen atoms in total. The van der Waals surface area contributed by atoms with Crippen LogP contribution in [-0.4, -0.2) is 19.1 Å². The number of hydrogen-bond donors (Lipinski definition) is 2. The van der Waals surface area contributed by atoms with Gasteiger partial charge in [-0.2, -0.15) is 0 Å². The van der Waals surface area contributed by atoms with Crippen LogP contribution in [0.25, 0.3) is 0 Å². The van der Waals surface area contributed by atoms with Crippen LogP contribution in [0.2, 0.25) is 0 Å². The normalized spacial score (nSPS) is 12.0. The zero-order valence-electron chi connectivity index (χ0n) is 11.4. The lowest BCUT2D eigenvalue weighted by molar-refractivity contribution is -0.117. The van der Waals surface area contributed by atoms with Crippen LogP contribution >= 0.6 is 0 Å². The third-order valence-corrected chi connectivity index (χ3v) is 2.90. The highest BCUT2D eigenvalue weighted by Gasteiger charge is 2.11. The summed E-state index contributed by atoms with van der Waals surface area (Å²) in [5, 5.41) is 2.66. The first-order valence-electron chi connectivity index (χ1n) is 6.52. The zero-order valence-corrected chi connectivity index (χ0v) is 11.4. The van der Waals surface area contributed by atoms with Gasteiger partial charge in [-0.15, -0.1) is 0 Å². The third kappa shape index (κ3) is 4.87. The molecule has 0 saturated carbocycles. The molecule has 0 aliphatic rings. The molecule has 19 heavy (non-hydrogen) atoms. The van der Waals surface area contributed by atoms with Crippen molar-refractivity contribution < 1.29 is 13.9 Å². The topological polar surface area (TPSA) is 64.3 Å². The van der Waals surface area contributed by atoms with Crippen LogP contribution in [0.3, 0.4) is 0 Å². The molecule has 1 aromatic rings. The standard InChI is InChI=1S/C14H21FN2O2/c1-3-10(9-16)7-14(18)17-11-5-6-13(19-4-2)12(15)8-11/h5-6,8,10H,3-4,7,9,16H2,1-2H3,(H,17,18). The fraction of sp³-hybridized carbons (Fsp3) is 0.500. The van der Waals surface area contributed by atoms with Gasteiger partial charge in [-0.1, -0.05) is 13.3 Å². The Labute approximate surface area is 113 Å². The van der Waals surface area contributed by atoms with E-state index >= 15 is 0 Å². The SMILES string of the molecule is CCOc1ccc(NC(=O)CC(CC)CN)cc1F. The summed E-state index contributed by atoms with van der Waals surface area (Å²) in [5.74, 6) is -0.284. The lowest BCUT2D eigenvalue weighted by atomic mass is 10.0. The molecule has 0 bridgehead atoms. The van der Waals surface area contributed by atoms with Crippen molar-refractivity contribution >= 4 is 11.6 Å². The van der Waals surface area contributed by atoms with E-state index in [4.69, 9.17) is 10.5 Å². The number of rotatable bonds is 7. The smallest absolute Gasteiger partial charge is 0.224 e. The zero-order chi connectivity index (χ0) is 14.3.